The molecule has 1 aromatic rings. The Bertz CT molecular complexity index is 534. The maximum atomic E-state index is 12.3. The summed E-state index contributed by atoms with van der Waals surface area (Å²) in [6.07, 6.45) is 2.07. The topological polar surface area (TPSA) is 66.8 Å². The van der Waals surface area contributed by atoms with E-state index in [-0.39, 0.29) is 17.6 Å². The number of ether oxygens (including phenoxy) is 1. The highest BCUT2D eigenvalue weighted by Crippen LogP contribution is 2.31. The molecule has 0 radical (unpaired) electrons. The molecule has 1 atom stereocenters. The van der Waals surface area contributed by atoms with E-state index >= 15 is 0 Å². The second-order valence-corrected chi connectivity index (χ2v) is 4.89. The third kappa shape index (κ3) is 2.10. The van der Waals surface area contributed by atoms with Gasteiger partial charge in [0, 0.05) is 18.8 Å². The first-order valence-corrected chi connectivity index (χ1v) is 6.46. The lowest BCUT2D eigenvalue weighted by atomic mass is 10.1. The van der Waals surface area contributed by atoms with E-state index in [1.54, 1.807) is 23.1 Å². The van der Waals surface area contributed by atoms with E-state index in [4.69, 9.17) is 9.84 Å². The molecule has 0 aliphatic carbocycles. The van der Waals surface area contributed by atoms with Crippen molar-refractivity contribution in [2.45, 2.75) is 25.4 Å². The van der Waals surface area contributed by atoms with Crippen LogP contribution in [0.1, 0.15) is 28.8 Å². The first-order chi connectivity index (χ1) is 9.16. The average molecular weight is 261 g/mol. The smallest absolute Gasteiger partial charge is 0.335 e. The van der Waals surface area contributed by atoms with Gasteiger partial charge in [0.15, 0.2) is 0 Å². The number of anilines is 1. The molecule has 5 heteroatoms. The van der Waals surface area contributed by atoms with Crippen LogP contribution in [-0.2, 0) is 16.0 Å². The number of carboxylic acids is 1. The number of fused-ring (bicyclic) bond motifs is 1. The molecular weight excluding hydrogens is 246 g/mol. The maximum absolute atomic E-state index is 12.3. The first-order valence-electron chi connectivity index (χ1n) is 6.46. The van der Waals surface area contributed by atoms with Crippen LogP contribution < -0.4 is 4.90 Å². The lowest BCUT2D eigenvalue weighted by molar-refractivity contribution is -0.127. The Morgan fingerprint density at radius 1 is 1.37 bits per heavy atom. The second-order valence-electron chi connectivity index (χ2n) is 4.89. The normalized spacial score (nSPS) is 21.5. The van der Waals surface area contributed by atoms with Crippen molar-refractivity contribution in [1.82, 2.24) is 0 Å². The van der Waals surface area contributed by atoms with Crippen molar-refractivity contribution in [1.29, 1.82) is 0 Å². The van der Waals surface area contributed by atoms with Crippen molar-refractivity contribution in [3.05, 3.63) is 29.3 Å². The summed E-state index contributed by atoms with van der Waals surface area (Å²) in [6, 6.07) is 4.96. The van der Waals surface area contributed by atoms with Crippen LogP contribution in [0.4, 0.5) is 5.69 Å². The molecule has 0 spiro atoms. The summed E-state index contributed by atoms with van der Waals surface area (Å²) < 4.78 is 5.41. The molecule has 1 N–H and O–H groups in total. The monoisotopic (exact) mass is 261 g/mol. The quantitative estimate of drug-likeness (QED) is 0.875. The number of rotatable bonds is 2. The fraction of sp³-hybridized carbons (Fsp3) is 0.429. The molecule has 1 aromatic carbocycles. The Labute approximate surface area is 110 Å². The molecule has 19 heavy (non-hydrogen) atoms. The van der Waals surface area contributed by atoms with Crippen molar-refractivity contribution in [2.75, 3.05) is 18.1 Å². The standard InChI is InChI=1S/C14H15NO4/c16-13(12-2-1-7-19-12)15-6-5-9-3-4-10(14(17)18)8-11(9)15/h3-4,8,12H,1-2,5-7H2,(H,17,18). The largest absolute Gasteiger partial charge is 0.478 e. The van der Waals surface area contributed by atoms with E-state index in [1.165, 1.54) is 0 Å². The van der Waals surface area contributed by atoms with Gasteiger partial charge in [-0.3, -0.25) is 4.79 Å². The number of hydrogen-bond donors (Lipinski definition) is 1. The summed E-state index contributed by atoms with van der Waals surface area (Å²) in [4.78, 5) is 25.0. The van der Waals surface area contributed by atoms with Crippen molar-refractivity contribution >= 4 is 17.6 Å². The van der Waals surface area contributed by atoms with E-state index in [1.807, 2.05) is 0 Å². The third-order valence-electron chi connectivity index (χ3n) is 3.70. The van der Waals surface area contributed by atoms with Gasteiger partial charge in [0.25, 0.3) is 5.91 Å². The van der Waals surface area contributed by atoms with Crippen LogP contribution in [0.15, 0.2) is 18.2 Å². The van der Waals surface area contributed by atoms with Crippen LogP contribution >= 0.6 is 0 Å². The molecule has 2 aliphatic heterocycles. The van der Waals surface area contributed by atoms with Crippen LogP contribution in [0.2, 0.25) is 0 Å². The first kappa shape index (κ1) is 12.2. The lowest BCUT2D eigenvalue weighted by Gasteiger charge is -2.21. The molecule has 1 unspecified atom stereocenters. The molecular formula is C14H15NO4. The van der Waals surface area contributed by atoms with Crippen molar-refractivity contribution < 1.29 is 19.4 Å². The van der Waals surface area contributed by atoms with Crippen LogP contribution in [-0.4, -0.2) is 36.2 Å². The van der Waals surface area contributed by atoms with Gasteiger partial charge < -0.3 is 14.7 Å². The minimum atomic E-state index is -0.973. The highest BCUT2D eigenvalue weighted by molar-refractivity contribution is 6.00. The molecule has 0 aromatic heterocycles. The Morgan fingerprint density at radius 2 is 2.21 bits per heavy atom. The minimum Gasteiger partial charge on any atom is -0.478 e. The maximum Gasteiger partial charge on any atom is 0.335 e. The van der Waals surface area contributed by atoms with E-state index in [9.17, 15) is 9.59 Å². The number of aromatic carboxylic acids is 1. The van der Waals surface area contributed by atoms with E-state index in [0.717, 1.165) is 30.5 Å². The predicted molar refractivity (Wildman–Crippen MR) is 68.4 cm³/mol. The van der Waals surface area contributed by atoms with Crippen LogP contribution in [0.3, 0.4) is 0 Å². The van der Waals surface area contributed by atoms with Gasteiger partial charge in [-0.2, -0.15) is 0 Å². The molecule has 1 fully saturated rings. The second kappa shape index (κ2) is 4.66. The van der Waals surface area contributed by atoms with Crippen molar-refractivity contribution in [2.24, 2.45) is 0 Å². The number of carbonyl (C=O) groups is 2. The molecule has 100 valence electrons. The molecule has 3 rings (SSSR count). The molecule has 5 nitrogen and oxygen atoms in total. The predicted octanol–water partition coefficient (Wildman–Crippen LogP) is 1.45. The Kier molecular flexibility index (Phi) is 2.98. The number of carboxylic acid groups (broad SMARTS) is 1. The number of carbonyl (C=O) groups excluding carboxylic acids is 1. The summed E-state index contributed by atoms with van der Waals surface area (Å²) in [5.41, 5.74) is 1.96. The highest BCUT2D eigenvalue weighted by atomic mass is 16.5. The lowest BCUT2D eigenvalue weighted by Crippen LogP contribution is -2.37. The summed E-state index contributed by atoms with van der Waals surface area (Å²) in [5.74, 6) is -1.02. The summed E-state index contributed by atoms with van der Waals surface area (Å²) in [5, 5.41) is 9.02. The Morgan fingerprint density at radius 3 is 2.89 bits per heavy atom. The Balaban J connectivity index is 1.89. The summed E-state index contributed by atoms with van der Waals surface area (Å²) in [6.45, 7) is 1.24. The number of amides is 1. The molecule has 0 saturated carbocycles. The average Bonchev–Trinajstić information content (AvgIpc) is 3.06. The zero-order valence-electron chi connectivity index (χ0n) is 10.5. The van der Waals surface area contributed by atoms with E-state index in [0.29, 0.717) is 13.2 Å². The number of nitrogens with zero attached hydrogens (tertiary/aromatic N) is 1. The van der Waals surface area contributed by atoms with E-state index in [2.05, 4.69) is 0 Å². The fourth-order valence-electron chi connectivity index (χ4n) is 2.69. The van der Waals surface area contributed by atoms with Gasteiger partial charge >= 0.3 is 5.97 Å². The molecule has 0 bridgehead atoms. The summed E-state index contributed by atoms with van der Waals surface area (Å²) >= 11 is 0. The minimum absolute atomic E-state index is 0.0428. The van der Waals surface area contributed by atoms with Gasteiger partial charge in [0.1, 0.15) is 6.10 Å². The van der Waals surface area contributed by atoms with Crippen LogP contribution in [0.5, 0.6) is 0 Å². The molecule has 1 saturated heterocycles. The third-order valence-corrected chi connectivity index (χ3v) is 3.70. The van der Waals surface area contributed by atoms with Gasteiger partial charge in [-0.05, 0) is 37.0 Å². The molecule has 2 aliphatic rings. The summed E-state index contributed by atoms with van der Waals surface area (Å²) in [7, 11) is 0. The van der Waals surface area contributed by atoms with Crippen LogP contribution in [0, 0.1) is 0 Å². The van der Waals surface area contributed by atoms with Crippen molar-refractivity contribution in [3.8, 4) is 0 Å². The van der Waals surface area contributed by atoms with Gasteiger partial charge in [-0.15, -0.1) is 0 Å². The van der Waals surface area contributed by atoms with Gasteiger partial charge in [0.05, 0.1) is 5.56 Å². The zero-order chi connectivity index (χ0) is 13.4. The van der Waals surface area contributed by atoms with Crippen molar-refractivity contribution in [3.63, 3.8) is 0 Å². The number of benzene rings is 1. The van der Waals surface area contributed by atoms with Gasteiger partial charge in [-0.1, -0.05) is 6.07 Å². The number of hydrogen-bond acceptors (Lipinski definition) is 3. The highest BCUT2D eigenvalue weighted by Gasteiger charge is 2.32. The van der Waals surface area contributed by atoms with Crippen LogP contribution in [0.25, 0.3) is 0 Å². The SMILES string of the molecule is O=C(O)c1ccc2c(c1)N(C(=O)C1CCCO1)CC2. The Hall–Kier alpha value is -1.88. The molecule has 1 amide bonds. The van der Waals surface area contributed by atoms with Gasteiger partial charge in [-0.25, -0.2) is 4.79 Å². The fourth-order valence-corrected chi connectivity index (χ4v) is 2.69. The van der Waals surface area contributed by atoms with Gasteiger partial charge in [0.2, 0.25) is 0 Å². The zero-order valence-corrected chi connectivity index (χ0v) is 10.5. The molecule has 2 heterocycles. The van der Waals surface area contributed by atoms with E-state index < -0.39 is 5.97 Å².